The van der Waals surface area contributed by atoms with Crippen LogP contribution in [0.1, 0.15) is 24.8 Å². The molecule has 130 valence electrons. The third-order valence-electron chi connectivity index (χ3n) is 5.08. The maximum atomic E-state index is 12.5. The Kier molecular flexibility index (Phi) is 4.10. The molecule has 3 fully saturated rings. The molecule has 0 radical (unpaired) electrons. The zero-order valence-corrected chi connectivity index (χ0v) is 14.2. The van der Waals surface area contributed by atoms with E-state index in [1.54, 1.807) is 4.31 Å². The van der Waals surface area contributed by atoms with Gasteiger partial charge in [-0.25, -0.2) is 8.42 Å². The first-order valence-electron chi connectivity index (χ1n) is 8.50. The normalized spacial score (nSPS) is 30.2. The lowest BCUT2D eigenvalue weighted by Gasteiger charge is -2.32. The Morgan fingerprint density at radius 3 is 2.67 bits per heavy atom. The zero-order valence-electron chi connectivity index (χ0n) is 13.4. The number of carbonyl (C=O) groups is 1. The third kappa shape index (κ3) is 3.08. The molecule has 1 aliphatic carbocycles. The van der Waals surface area contributed by atoms with E-state index in [0.717, 1.165) is 18.4 Å². The van der Waals surface area contributed by atoms with Gasteiger partial charge in [0.1, 0.15) is 0 Å². The average Bonchev–Trinajstić information content (AvgIpc) is 3.40. The van der Waals surface area contributed by atoms with Crippen molar-refractivity contribution in [3.63, 3.8) is 0 Å². The Bertz CT molecular complexity index is 717. The number of amides is 1. The summed E-state index contributed by atoms with van der Waals surface area (Å²) in [6, 6.07) is 9.75. The Hall–Kier alpha value is -1.44. The quantitative estimate of drug-likeness (QED) is 0.855. The first-order chi connectivity index (χ1) is 11.5. The molecule has 2 aliphatic heterocycles. The van der Waals surface area contributed by atoms with Crippen LogP contribution in [0, 0.1) is 5.92 Å². The summed E-state index contributed by atoms with van der Waals surface area (Å²) < 4.78 is 32.2. The predicted octanol–water partition coefficient (Wildman–Crippen LogP) is 0.884. The number of nitrogens with one attached hydrogen (secondary N) is 1. The number of hydrogen-bond donors (Lipinski definition) is 1. The average molecular weight is 350 g/mol. The Morgan fingerprint density at radius 1 is 1.21 bits per heavy atom. The van der Waals surface area contributed by atoms with Gasteiger partial charge in [0.2, 0.25) is 15.9 Å². The SMILES string of the molecule is O=C(NCc1ccccc1)[C@@H]1C[C@H]2CN(S(=O)(=O)C3CC3)C[C@@H]1O2. The predicted molar refractivity (Wildman–Crippen MR) is 88.6 cm³/mol. The highest BCUT2D eigenvalue weighted by molar-refractivity contribution is 7.90. The lowest BCUT2D eigenvalue weighted by molar-refractivity contribution is -0.127. The summed E-state index contributed by atoms with van der Waals surface area (Å²) in [7, 11) is -3.20. The number of nitrogens with zero attached hydrogens (tertiary/aromatic N) is 1. The van der Waals surface area contributed by atoms with E-state index in [9.17, 15) is 13.2 Å². The van der Waals surface area contributed by atoms with Crippen molar-refractivity contribution in [2.45, 2.75) is 43.3 Å². The second-order valence-corrected chi connectivity index (χ2v) is 9.12. The summed E-state index contributed by atoms with van der Waals surface area (Å²) in [4.78, 5) is 12.5. The Labute approximate surface area is 142 Å². The van der Waals surface area contributed by atoms with Gasteiger partial charge in [0.25, 0.3) is 0 Å². The van der Waals surface area contributed by atoms with Crippen molar-refractivity contribution in [1.29, 1.82) is 0 Å². The molecular formula is C17H22N2O4S. The maximum Gasteiger partial charge on any atom is 0.226 e. The van der Waals surface area contributed by atoms with E-state index >= 15 is 0 Å². The molecule has 0 aromatic heterocycles. The van der Waals surface area contributed by atoms with Gasteiger partial charge in [-0.05, 0) is 24.8 Å². The molecule has 3 aliphatic rings. The highest BCUT2D eigenvalue weighted by Crippen LogP contribution is 2.37. The number of carbonyl (C=O) groups excluding carboxylic acids is 1. The fourth-order valence-electron chi connectivity index (χ4n) is 3.60. The fourth-order valence-corrected chi connectivity index (χ4v) is 5.48. The van der Waals surface area contributed by atoms with Gasteiger partial charge in [0.15, 0.2) is 0 Å². The van der Waals surface area contributed by atoms with E-state index in [2.05, 4.69) is 5.32 Å². The smallest absolute Gasteiger partial charge is 0.226 e. The van der Waals surface area contributed by atoms with Crippen LogP contribution in [0.4, 0.5) is 0 Å². The molecule has 1 saturated carbocycles. The number of benzene rings is 1. The van der Waals surface area contributed by atoms with Crippen LogP contribution in [0.15, 0.2) is 30.3 Å². The highest BCUT2D eigenvalue weighted by Gasteiger charge is 2.50. The van der Waals surface area contributed by atoms with Crippen molar-refractivity contribution >= 4 is 15.9 Å². The van der Waals surface area contributed by atoms with Crippen LogP contribution in [-0.4, -0.2) is 49.2 Å². The molecule has 0 spiro atoms. The lowest BCUT2D eigenvalue weighted by atomic mass is 9.99. The van der Waals surface area contributed by atoms with E-state index in [1.165, 1.54) is 0 Å². The summed E-state index contributed by atoms with van der Waals surface area (Å²) in [5.41, 5.74) is 1.05. The molecule has 1 amide bonds. The van der Waals surface area contributed by atoms with E-state index < -0.39 is 10.0 Å². The molecule has 6 nitrogen and oxygen atoms in total. The van der Waals surface area contributed by atoms with Gasteiger partial charge in [-0.15, -0.1) is 0 Å². The molecule has 2 bridgehead atoms. The van der Waals surface area contributed by atoms with Gasteiger partial charge in [0.05, 0.1) is 23.4 Å². The number of ether oxygens (including phenoxy) is 1. The number of sulfonamides is 1. The van der Waals surface area contributed by atoms with E-state index in [-0.39, 0.29) is 29.3 Å². The van der Waals surface area contributed by atoms with E-state index in [4.69, 9.17) is 4.74 Å². The van der Waals surface area contributed by atoms with Crippen LogP contribution in [0.5, 0.6) is 0 Å². The molecule has 7 heteroatoms. The minimum absolute atomic E-state index is 0.0444. The molecule has 2 saturated heterocycles. The van der Waals surface area contributed by atoms with Crippen molar-refractivity contribution < 1.29 is 17.9 Å². The summed E-state index contributed by atoms with van der Waals surface area (Å²) in [6.07, 6.45) is 1.63. The molecule has 1 aromatic carbocycles. The van der Waals surface area contributed by atoms with Crippen molar-refractivity contribution in [3.8, 4) is 0 Å². The Morgan fingerprint density at radius 2 is 1.96 bits per heavy atom. The number of hydrogen-bond acceptors (Lipinski definition) is 4. The summed E-state index contributed by atoms with van der Waals surface area (Å²) in [5.74, 6) is -0.310. The molecule has 3 atom stereocenters. The zero-order chi connectivity index (χ0) is 16.7. The van der Waals surface area contributed by atoms with Crippen molar-refractivity contribution in [2.24, 2.45) is 5.92 Å². The maximum absolute atomic E-state index is 12.5. The number of fused-ring (bicyclic) bond motifs is 2. The van der Waals surface area contributed by atoms with Crippen molar-refractivity contribution in [3.05, 3.63) is 35.9 Å². The first kappa shape index (κ1) is 16.1. The second-order valence-electron chi connectivity index (χ2n) is 6.90. The van der Waals surface area contributed by atoms with Crippen LogP contribution in [0.25, 0.3) is 0 Å². The summed E-state index contributed by atoms with van der Waals surface area (Å²) in [6.45, 7) is 1.17. The lowest BCUT2D eigenvalue weighted by Crippen LogP contribution is -2.48. The van der Waals surface area contributed by atoms with Crippen LogP contribution < -0.4 is 5.32 Å². The minimum atomic E-state index is -3.20. The standard InChI is InChI=1S/C17H22N2O4S/c20-17(18-9-12-4-2-1-3-5-12)15-8-13-10-19(11-16(15)23-13)24(21,22)14-6-7-14/h1-5,13-16H,6-11H2,(H,18,20)/t13-,15+,16-/m0/s1. The van der Waals surface area contributed by atoms with Crippen LogP contribution >= 0.6 is 0 Å². The van der Waals surface area contributed by atoms with Gasteiger partial charge < -0.3 is 10.1 Å². The number of morpholine rings is 1. The molecule has 0 unspecified atom stereocenters. The Balaban J connectivity index is 1.38. The fraction of sp³-hybridized carbons (Fsp3) is 0.588. The molecular weight excluding hydrogens is 328 g/mol. The summed E-state index contributed by atoms with van der Waals surface area (Å²) >= 11 is 0. The first-order valence-corrected chi connectivity index (χ1v) is 10.0. The molecule has 24 heavy (non-hydrogen) atoms. The molecule has 1 N–H and O–H groups in total. The highest BCUT2D eigenvalue weighted by atomic mass is 32.2. The summed E-state index contributed by atoms with van der Waals surface area (Å²) in [5, 5.41) is 2.75. The van der Waals surface area contributed by atoms with Gasteiger partial charge >= 0.3 is 0 Å². The van der Waals surface area contributed by atoms with Gasteiger partial charge in [0, 0.05) is 19.6 Å². The number of rotatable bonds is 5. The van der Waals surface area contributed by atoms with Gasteiger partial charge in [-0.1, -0.05) is 30.3 Å². The molecule has 4 rings (SSSR count). The van der Waals surface area contributed by atoms with Gasteiger partial charge in [-0.3, -0.25) is 4.79 Å². The van der Waals surface area contributed by atoms with Crippen LogP contribution in [0.2, 0.25) is 0 Å². The monoisotopic (exact) mass is 350 g/mol. The van der Waals surface area contributed by atoms with Crippen molar-refractivity contribution in [1.82, 2.24) is 9.62 Å². The minimum Gasteiger partial charge on any atom is -0.371 e. The molecule has 1 aromatic rings. The molecule has 2 heterocycles. The topological polar surface area (TPSA) is 75.7 Å². The van der Waals surface area contributed by atoms with E-state index in [0.29, 0.717) is 26.1 Å². The largest absolute Gasteiger partial charge is 0.371 e. The van der Waals surface area contributed by atoms with Crippen LogP contribution in [-0.2, 0) is 26.1 Å². The van der Waals surface area contributed by atoms with E-state index in [1.807, 2.05) is 30.3 Å². The van der Waals surface area contributed by atoms with Gasteiger partial charge in [-0.2, -0.15) is 4.31 Å². The second kappa shape index (κ2) is 6.13. The third-order valence-corrected chi connectivity index (χ3v) is 7.41. The van der Waals surface area contributed by atoms with Crippen molar-refractivity contribution in [2.75, 3.05) is 13.1 Å². The van der Waals surface area contributed by atoms with Crippen LogP contribution in [0.3, 0.4) is 0 Å².